The average Bonchev–Trinajstić information content (AvgIpc) is 3.09. The largest absolute Gasteiger partial charge is 0.479 e. The van der Waals surface area contributed by atoms with Gasteiger partial charge in [0.1, 0.15) is 12.2 Å². The Kier molecular flexibility index (Phi) is 4.78. The van der Waals surface area contributed by atoms with Crippen LogP contribution in [-0.2, 0) is 25.6 Å². The van der Waals surface area contributed by atoms with Crippen molar-refractivity contribution >= 4 is 5.97 Å². The molecule has 0 aromatic heterocycles. The summed E-state index contributed by atoms with van der Waals surface area (Å²) in [6.07, 6.45) is -2.31. The third-order valence-electron chi connectivity index (χ3n) is 4.03. The fourth-order valence-electron chi connectivity index (χ4n) is 3.01. The zero-order chi connectivity index (χ0) is 16.2. The highest BCUT2D eigenvalue weighted by molar-refractivity contribution is 5.73. The van der Waals surface area contributed by atoms with Gasteiger partial charge in [-0.3, -0.25) is 0 Å². The first-order chi connectivity index (χ1) is 11.2. The van der Waals surface area contributed by atoms with Crippen LogP contribution < -0.4 is 0 Å². The number of aliphatic carboxylic acids is 1. The van der Waals surface area contributed by atoms with Crippen LogP contribution in [0.5, 0.6) is 0 Å². The van der Waals surface area contributed by atoms with Crippen molar-refractivity contribution in [3.8, 4) is 0 Å². The first-order valence-corrected chi connectivity index (χ1v) is 7.39. The molecule has 23 heavy (non-hydrogen) atoms. The molecule has 0 radical (unpaired) electrons. The van der Waals surface area contributed by atoms with Crippen molar-refractivity contribution in [3.05, 3.63) is 46.3 Å². The summed E-state index contributed by atoms with van der Waals surface area (Å²) in [6.45, 7) is 0.488. The van der Waals surface area contributed by atoms with E-state index in [-0.39, 0.29) is 25.4 Å². The van der Waals surface area contributed by atoms with E-state index in [0.29, 0.717) is 6.42 Å². The minimum Gasteiger partial charge on any atom is -0.479 e. The van der Waals surface area contributed by atoms with E-state index in [1.54, 1.807) is 0 Å². The van der Waals surface area contributed by atoms with Crippen LogP contribution in [0.2, 0.25) is 0 Å². The maximum atomic E-state index is 11.4. The highest BCUT2D eigenvalue weighted by Gasteiger charge is 2.54. The van der Waals surface area contributed by atoms with Crippen LogP contribution in [0, 0.1) is 0 Å². The number of benzene rings is 1. The average molecular weight is 319 g/mol. The van der Waals surface area contributed by atoms with Crippen LogP contribution in [0.4, 0.5) is 0 Å². The van der Waals surface area contributed by atoms with Gasteiger partial charge in [-0.15, -0.1) is 0 Å². The van der Waals surface area contributed by atoms with Crippen molar-refractivity contribution in [2.75, 3.05) is 6.54 Å². The molecule has 1 aromatic carbocycles. The Balaban J connectivity index is 1.67. The van der Waals surface area contributed by atoms with Gasteiger partial charge in [-0.2, -0.15) is 0 Å². The molecule has 3 rings (SSSR count). The maximum absolute atomic E-state index is 11.4. The van der Waals surface area contributed by atoms with Gasteiger partial charge in [0.05, 0.1) is 25.4 Å². The molecule has 2 aliphatic heterocycles. The first kappa shape index (κ1) is 15.8. The molecule has 1 N–H and O–H groups in total. The lowest BCUT2D eigenvalue weighted by molar-refractivity contribution is -0.158. The molecule has 8 heteroatoms. The molecule has 8 nitrogen and oxygen atoms in total. The molecule has 122 valence electrons. The van der Waals surface area contributed by atoms with E-state index in [1.165, 1.54) is 0 Å². The highest BCUT2D eigenvalue weighted by Crippen LogP contribution is 2.36. The van der Waals surface area contributed by atoms with Crippen LogP contribution >= 0.6 is 0 Å². The zero-order valence-electron chi connectivity index (χ0n) is 12.3. The van der Waals surface area contributed by atoms with Gasteiger partial charge in [0, 0.05) is 11.3 Å². The number of hydrogen-bond acceptors (Lipinski definition) is 5. The normalized spacial score (nSPS) is 32.3. The lowest BCUT2D eigenvalue weighted by atomic mass is 10.1. The lowest BCUT2D eigenvalue weighted by Crippen LogP contribution is -2.39. The van der Waals surface area contributed by atoms with Gasteiger partial charge in [0.2, 0.25) is 0 Å². The molecular weight excluding hydrogens is 302 g/mol. The summed E-state index contributed by atoms with van der Waals surface area (Å²) in [5.41, 5.74) is 9.32. The van der Waals surface area contributed by atoms with Crippen molar-refractivity contribution in [1.29, 1.82) is 0 Å². The zero-order valence-corrected chi connectivity index (χ0v) is 12.3. The van der Waals surface area contributed by atoms with Crippen LogP contribution in [0.3, 0.4) is 0 Å². The molecule has 2 saturated heterocycles. The summed E-state index contributed by atoms with van der Waals surface area (Å²) in [7, 11) is 0. The second-order valence-corrected chi connectivity index (χ2v) is 5.57. The number of nitrogens with zero attached hydrogens (tertiary/aromatic N) is 3. The Hall–Kier alpha value is -2.12. The summed E-state index contributed by atoms with van der Waals surface area (Å²) in [5.74, 6) is -1.06. The second-order valence-electron chi connectivity index (χ2n) is 5.57. The molecule has 2 heterocycles. The van der Waals surface area contributed by atoms with Crippen LogP contribution in [0.1, 0.15) is 12.0 Å². The third kappa shape index (κ3) is 3.46. The van der Waals surface area contributed by atoms with E-state index in [4.69, 9.17) is 19.7 Å². The van der Waals surface area contributed by atoms with Crippen LogP contribution in [0.25, 0.3) is 10.4 Å². The second kappa shape index (κ2) is 6.97. The van der Waals surface area contributed by atoms with E-state index < -0.39 is 24.3 Å². The number of ether oxygens (including phenoxy) is 3. The molecule has 2 fully saturated rings. The number of fused-ring (bicyclic) bond motifs is 1. The van der Waals surface area contributed by atoms with E-state index in [0.717, 1.165) is 5.56 Å². The van der Waals surface area contributed by atoms with Gasteiger partial charge in [-0.1, -0.05) is 35.4 Å². The van der Waals surface area contributed by atoms with Crippen LogP contribution in [-0.4, -0.2) is 48.1 Å². The fraction of sp³-hybridized carbons (Fsp3) is 0.533. The summed E-state index contributed by atoms with van der Waals surface area (Å²) in [4.78, 5) is 14.1. The van der Waals surface area contributed by atoms with E-state index >= 15 is 0 Å². The molecule has 0 aliphatic carbocycles. The topological polar surface area (TPSA) is 114 Å². The Morgan fingerprint density at radius 3 is 2.87 bits per heavy atom. The van der Waals surface area contributed by atoms with Crippen molar-refractivity contribution < 1.29 is 24.1 Å². The van der Waals surface area contributed by atoms with Gasteiger partial charge >= 0.3 is 5.97 Å². The Labute approximate surface area is 132 Å². The van der Waals surface area contributed by atoms with Crippen molar-refractivity contribution in [3.63, 3.8) is 0 Å². The molecule has 1 aromatic rings. The monoisotopic (exact) mass is 319 g/mol. The smallest absolute Gasteiger partial charge is 0.335 e. The molecule has 5 atom stereocenters. The molecule has 2 aliphatic rings. The number of rotatable bonds is 6. The van der Waals surface area contributed by atoms with E-state index in [9.17, 15) is 9.90 Å². The fourth-order valence-corrected chi connectivity index (χ4v) is 3.01. The molecule has 0 bridgehead atoms. The van der Waals surface area contributed by atoms with Gasteiger partial charge in [-0.25, -0.2) is 4.79 Å². The molecule has 0 spiro atoms. The summed E-state index contributed by atoms with van der Waals surface area (Å²) >= 11 is 0. The van der Waals surface area contributed by atoms with Gasteiger partial charge in [0.15, 0.2) is 6.10 Å². The van der Waals surface area contributed by atoms with Crippen molar-refractivity contribution in [2.24, 2.45) is 5.11 Å². The third-order valence-corrected chi connectivity index (χ3v) is 4.03. The van der Waals surface area contributed by atoms with E-state index in [1.807, 2.05) is 30.3 Å². The Bertz CT molecular complexity index is 604. The summed E-state index contributed by atoms with van der Waals surface area (Å²) in [5, 5.41) is 12.8. The number of carboxylic acid groups (broad SMARTS) is 1. The number of carbonyl (C=O) groups is 1. The van der Waals surface area contributed by atoms with Crippen molar-refractivity contribution in [1.82, 2.24) is 0 Å². The minimum absolute atomic E-state index is 0.204. The number of carboxylic acids is 1. The first-order valence-electron chi connectivity index (χ1n) is 7.39. The summed E-state index contributed by atoms with van der Waals surface area (Å²) < 4.78 is 17.2. The Morgan fingerprint density at radius 1 is 1.39 bits per heavy atom. The summed E-state index contributed by atoms with van der Waals surface area (Å²) in [6, 6.07) is 9.50. The molecule has 0 unspecified atom stereocenters. The van der Waals surface area contributed by atoms with Crippen LogP contribution in [0.15, 0.2) is 35.4 Å². The van der Waals surface area contributed by atoms with Crippen molar-refractivity contribution in [2.45, 2.75) is 43.5 Å². The SMILES string of the molecule is [N-]=[N+]=NC[C@H]1C[C@@H]2O[C@H](C(=O)O)[C@@H](OCc3ccccc3)[C@@H]2O1. The predicted octanol–water partition coefficient (Wildman–Crippen LogP) is 1.89. The van der Waals surface area contributed by atoms with Gasteiger partial charge in [0.25, 0.3) is 0 Å². The molecule has 0 amide bonds. The number of hydrogen-bond donors (Lipinski definition) is 1. The molecular formula is C15H17N3O5. The van der Waals surface area contributed by atoms with Gasteiger partial charge in [-0.05, 0) is 11.1 Å². The standard InChI is InChI=1S/C15H17N3O5/c16-18-17-7-10-6-11-12(22-10)13(14(23-11)15(19)20)21-8-9-4-2-1-3-5-9/h1-5,10-14H,6-8H2,(H,19,20)/t10-,11+,12-,13+,14+/m1/s1. The van der Waals surface area contributed by atoms with E-state index in [2.05, 4.69) is 10.0 Å². The predicted molar refractivity (Wildman–Crippen MR) is 78.6 cm³/mol. The Morgan fingerprint density at radius 2 is 2.17 bits per heavy atom. The maximum Gasteiger partial charge on any atom is 0.335 e. The quantitative estimate of drug-likeness (QED) is 0.488. The lowest BCUT2D eigenvalue weighted by Gasteiger charge is -2.21. The minimum atomic E-state index is -1.06. The highest BCUT2D eigenvalue weighted by atomic mass is 16.6. The number of azide groups is 1. The molecule has 0 saturated carbocycles. The van der Waals surface area contributed by atoms with Gasteiger partial charge < -0.3 is 19.3 Å².